The standard InChI is InChI=1S/C15H21BN2O2/c1-6-18-13-9-12(8-7-11(13)10-17-18)16-19-14(2,3)15(4,5)20-16/h7-10H,6H2,1-5H3. The lowest BCUT2D eigenvalue weighted by atomic mass is 9.79. The van der Waals surface area contributed by atoms with Crippen LogP contribution >= 0.6 is 0 Å². The average Bonchev–Trinajstić information content (AvgIpc) is 2.87. The van der Waals surface area contributed by atoms with Crippen LogP contribution < -0.4 is 5.46 Å². The van der Waals surface area contributed by atoms with Gasteiger partial charge in [0, 0.05) is 11.9 Å². The molecule has 0 aliphatic carbocycles. The second-order valence-electron chi connectivity index (χ2n) is 6.37. The molecule has 0 spiro atoms. The molecular formula is C15H21BN2O2. The molecule has 0 atom stereocenters. The molecule has 0 amide bonds. The minimum absolute atomic E-state index is 0.308. The van der Waals surface area contributed by atoms with Crippen LogP contribution in [0.3, 0.4) is 0 Å². The number of benzene rings is 1. The Bertz CT molecular complexity index is 632. The summed E-state index contributed by atoms with van der Waals surface area (Å²) in [5.74, 6) is 0. The van der Waals surface area contributed by atoms with Crippen LogP contribution in [0.15, 0.2) is 24.4 Å². The summed E-state index contributed by atoms with van der Waals surface area (Å²) in [4.78, 5) is 0. The average molecular weight is 272 g/mol. The first-order chi connectivity index (χ1) is 9.34. The van der Waals surface area contributed by atoms with E-state index >= 15 is 0 Å². The van der Waals surface area contributed by atoms with Gasteiger partial charge in [-0.3, -0.25) is 4.68 Å². The third-order valence-corrected chi connectivity index (χ3v) is 4.49. The van der Waals surface area contributed by atoms with Crippen molar-refractivity contribution in [3.05, 3.63) is 24.4 Å². The Hall–Kier alpha value is -1.33. The van der Waals surface area contributed by atoms with Gasteiger partial charge in [-0.2, -0.15) is 5.10 Å². The summed E-state index contributed by atoms with van der Waals surface area (Å²) in [6.07, 6.45) is 1.90. The molecule has 4 nitrogen and oxygen atoms in total. The molecule has 0 saturated carbocycles. The van der Waals surface area contributed by atoms with E-state index in [2.05, 4.69) is 57.9 Å². The zero-order valence-corrected chi connectivity index (χ0v) is 12.8. The third kappa shape index (κ3) is 1.96. The monoisotopic (exact) mass is 272 g/mol. The molecule has 1 aliphatic rings. The number of hydrogen-bond acceptors (Lipinski definition) is 3. The largest absolute Gasteiger partial charge is 0.494 e. The van der Waals surface area contributed by atoms with E-state index in [0.717, 1.165) is 22.9 Å². The number of aromatic nitrogens is 2. The number of nitrogens with zero attached hydrogens (tertiary/aromatic N) is 2. The van der Waals surface area contributed by atoms with Crippen molar-refractivity contribution in [2.24, 2.45) is 0 Å². The van der Waals surface area contributed by atoms with E-state index < -0.39 is 0 Å². The van der Waals surface area contributed by atoms with Crippen LogP contribution in [0.2, 0.25) is 0 Å². The van der Waals surface area contributed by atoms with Crippen LogP contribution in [0.25, 0.3) is 10.9 Å². The third-order valence-electron chi connectivity index (χ3n) is 4.49. The molecule has 1 aliphatic heterocycles. The maximum absolute atomic E-state index is 6.10. The number of fused-ring (bicyclic) bond motifs is 1. The highest BCUT2D eigenvalue weighted by Crippen LogP contribution is 2.36. The van der Waals surface area contributed by atoms with Crippen LogP contribution in [0.5, 0.6) is 0 Å². The molecular weight excluding hydrogens is 251 g/mol. The van der Waals surface area contributed by atoms with E-state index in [9.17, 15) is 0 Å². The second-order valence-corrected chi connectivity index (χ2v) is 6.37. The first-order valence-corrected chi connectivity index (χ1v) is 7.15. The van der Waals surface area contributed by atoms with Crippen LogP contribution in [-0.4, -0.2) is 28.1 Å². The molecule has 1 aromatic carbocycles. The molecule has 106 valence electrons. The smallest absolute Gasteiger partial charge is 0.399 e. The number of aryl methyl sites for hydroxylation is 1. The fourth-order valence-electron chi connectivity index (χ4n) is 2.47. The highest BCUT2D eigenvalue weighted by Gasteiger charge is 2.51. The molecule has 0 radical (unpaired) electrons. The Balaban J connectivity index is 1.99. The molecule has 5 heteroatoms. The maximum atomic E-state index is 6.10. The van der Waals surface area contributed by atoms with Gasteiger partial charge in [-0.15, -0.1) is 0 Å². The highest BCUT2D eigenvalue weighted by atomic mass is 16.7. The quantitative estimate of drug-likeness (QED) is 0.787. The maximum Gasteiger partial charge on any atom is 0.494 e. The summed E-state index contributed by atoms with van der Waals surface area (Å²) in [5, 5.41) is 5.52. The molecule has 1 fully saturated rings. The fourth-order valence-corrected chi connectivity index (χ4v) is 2.47. The van der Waals surface area contributed by atoms with Gasteiger partial charge in [-0.05, 0) is 46.1 Å². The molecule has 1 saturated heterocycles. The van der Waals surface area contributed by atoms with Crippen LogP contribution in [0, 0.1) is 0 Å². The molecule has 2 aromatic rings. The van der Waals surface area contributed by atoms with Crippen molar-refractivity contribution in [3.63, 3.8) is 0 Å². The zero-order chi connectivity index (χ0) is 14.5. The number of hydrogen-bond donors (Lipinski definition) is 0. The summed E-state index contributed by atoms with van der Waals surface area (Å²) < 4.78 is 14.2. The topological polar surface area (TPSA) is 36.3 Å². The van der Waals surface area contributed by atoms with E-state index in [1.165, 1.54) is 0 Å². The Kier molecular flexibility index (Phi) is 2.96. The summed E-state index contributed by atoms with van der Waals surface area (Å²) in [6.45, 7) is 11.2. The Labute approximate surface area is 120 Å². The summed E-state index contributed by atoms with van der Waals surface area (Å²) in [6, 6.07) is 6.26. The van der Waals surface area contributed by atoms with E-state index in [-0.39, 0.29) is 18.3 Å². The lowest BCUT2D eigenvalue weighted by molar-refractivity contribution is 0.00578. The first kappa shape index (κ1) is 13.6. The Morgan fingerprint density at radius 2 is 1.80 bits per heavy atom. The van der Waals surface area contributed by atoms with Crippen molar-refractivity contribution in [1.29, 1.82) is 0 Å². The van der Waals surface area contributed by atoms with Crippen molar-refractivity contribution < 1.29 is 9.31 Å². The molecule has 20 heavy (non-hydrogen) atoms. The van der Waals surface area contributed by atoms with E-state index in [1.807, 2.05) is 10.9 Å². The summed E-state index contributed by atoms with van der Waals surface area (Å²) in [5.41, 5.74) is 1.56. The predicted octanol–water partition coefficient (Wildman–Crippen LogP) is 2.36. The van der Waals surface area contributed by atoms with Crippen LogP contribution in [-0.2, 0) is 15.9 Å². The first-order valence-electron chi connectivity index (χ1n) is 7.15. The zero-order valence-electron chi connectivity index (χ0n) is 12.8. The minimum Gasteiger partial charge on any atom is -0.399 e. The lowest BCUT2D eigenvalue weighted by Crippen LogP contribution is -2.41. The van der Waals surface area contributed by atoms with Gasteiger partial charge in [-0.1, -0.05) is 12.1 Å². The normalized spacial score (nSPS) is 20.8. The summed E-state index contributed by atoms with van der Waals surface area (Å²) in [7, 11) is -0.315. The van der Waals surface area contributed by atoms with Gasteiger partial charge in [0.05, 0.1) is 22.9 Å². The fraction of sp³-hybridized carbons (Fsp3) is 0.533. The highest BCUT2D eigenvalue weighted by molar-refractivity contribution is 6.62. The van der Waals surface area contributed by atoms with Gasteiger partial charge >= 0.3 is 7.12 Å². The molecule has 3 rings (SSSR count). The minimum atomic E-state index is -0.315. The predicted molar refractivity (Wildman–Crippen MR) is 81.1 cm³/mol. The van der Waals surface area contributed by atoms with Gasteiger partial charge < -0.3 is 9.31 Å². The van der Waals surface area contributed by atoms with E-state index in [4.69, 9.17) is 9.31 Å². The van der Waals surface area contributed by atoms with Crippen molar-refractivity contribution in [3.8, 4) is 0 Å². The van der Waals surface area contributed by atoms with Gasteiger partial charge in [-0.25, -0.2) is 0 Å². The summed E-state index contributed by atoms with van der Waals surface area (Å²) >= 11 is 0. The van der Waals surface area contributed by atoms with Crippen LogP contribution in [0.4, 0.5) is 0 Å². The van der Waals surface area contributed by atoms with Gasteiger partial charge in [0.1, 0.15) is 0 Å². The molecule has 0 bridgehead atoms. The van der Waals surface area contributed by atoms with Crippen molar-refractivity contribution in [2.45, 2.75) is 52.4 Å². The lowest BCUT2D eigenvalue weighted by Gasteiger charge is -2.32. The SMILES string of the molecule is CCn1ncc2ccc(B3OC(C)(C)C(C)(C)O3)cc21. The molecule has 0 N–H and O–H groups in total. The second kappa shape index (κ2) is 4.33. The van der Waals surface area contributed by atoms with Crippen molar-refractivity contribution in [2.75, 3.05) is 0 Å². The molecule has 2 heterocycles. The van der Waals surface area contributed by atoms with Gasteiger partial charge in [0.15, 0.2) is 0 Å². The van der Waals surface area contributed by atoms with Crippen molar-refractivity contribution in [1.82, 2.24) is 9.78 Å². The van der Waals surface area contributed by atoms with Crippen molar-refractivity contribution >= 4 is 23.5 Å². The van der Waals surface area contributed by atoms with E-state index in [1.54, 1.807) is 0 Å². The number of rotatable bonds is 2. The molecule has 0 unspecified atom stereocenters. The Morgan fingerprint density at radius 3 is 2.40 bits per heavy atom. The Morgan fingerprint density at radius 1 is 1.15 bits per heavy atom. The van der Waals surface area contributed by atoms with Crippen LogP contribution in [0.1, 0.15) is 34.6 Å². The van der Waals surface area contributed by atoms with Gasteiger partial charge in [0.2, 0.25) is 0 Å². The van der Waals surface area contributed by atoms with E-state index in [0.29, 0.717) is 0 Å². The van der Waals surface area contributed by atoms with Gasteiger partial charge in [0.25, 0.3) is 0 Å². The molecule has 1 aromatic heterocycles.